The van der Waals surface area contributed by atoms with Crippen LogP contribution in [0, 0.1) is 0 Å². The molecule has 1 atom stereocenters. The normalized spacial score (nSPS) is 11.5. The Kier molecular flexibility index (Phi) is 9.84. The van der Waals surface area contributed by atoms with E-state index in [1.807, 2.05) is 12.1 Å². The molecule has 0 heterocycles. The van der Waals surface area contributed by atoms with Gasteiger partial charge in [-0.25, -0.2) is 4.79 Å². The lowest BCUT2D eigenvalue weighted by molar-refractivity contribution is 0.0734. The van der Waals surface area contributed by atoms with Gasteiger partial charge in [0.1, 0.15) is 17.2 Å². The van der Waals surface area contributed by atoms with Crippen molar-refractivity contribution in [2.75, 3.05) is 6.61 Å². The van der Waals surface area contributed by atoms with Crippen LogP contribution in [-0.2, 0) is 0 Å². The lowest BCUT2D eigenvalue weighted by Crippen LogP contribution is -2.12. The molecule has 0 aliphatic carbocycles. The van der Waals surface area contributed by atoms with Crippen LogP contribution in [0.2, 0.25) is 0 Å². The van der Waals surface area contributed by atoms with Crippen molar-refractivity contribution in [1.29, 1.82) is 0 Å². The third-order valence-corrected chi connectivity index (χ3v) is 4.52. The minimum absolute atomic E-state index is 0.164. The van der Waals surface area contributed by atoms with E-state index in [2.05, 4.69) is 20.4 Å². The fourth-order valence-electron chi connectivity index (χ4n) is 2.85. The Morgan fingerprint density at radius 1 is 0.966 bits per heavy atom. The second kappa shape index (κ2) is 12.7. The predicted octanol–water partition coefficient (Wildman–Crippen LogP) is 6.60. The maximum Gasteiger partial charge on any atom is 0.343 e. The van der Waals surface area contributed by atoms with Crippen LogP contribution in [0.3, 0.4) is 0 Å². The number of rotatable bonds is 13. The van der Waals surface area contributed by atoms with Gasteiger partial charge >= 0.3 is 5.97 Å². The predicted molar refractivity (Wildman–Crippen MR) is 117 cm³/mol. The maximum atomic E-state index is 12.3. The topological polar surface area (TPSA) is 44.8 Å². The van der Waals surface area contributed by atoms with E-state index < -0.39 is 5.97 Å². The molecule has 0 N–H and O–H groups in total. The van der Waals surface area contributed by atoms with Crippen LogP contribution >= 0.6 is 0 Å². The van der Waals surface area contributed by atoms with Gasteiger partial charge in [0.25, 0.3) is 0 Å². The highest BCUT2D eigenvalue weighted by molar-refractivity contribution is 5.91. The molecule has 4 nitrogen and oxygen atoms in total. The summed E-state index contributed by atoms with van der Waals surface area (Å²) in [5.41, 5.74) is 0.485. The lowest BCUT2D eigenvalue weighted by atomic mass is 10.1. The largest absolute Gasteiger partial charge is 0.493 e. The van der Waals surface area contributed by atoms with E-state index in [1.54, 1.807) is 42.5 Å². The van der Waals surface area contributed by atoms with E-state index in [1.165, 1.54) is 25.7 Å². The van der Waals surface area contributed by atoms with Crippen molar-refractivity contribution >= 4 is 5.97 Å². The van der Waals surface area contributed by atoms with Gasteiger partial charge in [0.2, 0.25) is 0 Å². The van der Waals surface area contributed by atoms with Crippen LogP contribution in [0.1, 0.15) is 62.7 Å². The SMILES string of the molecule is C=CCCOc1ccc(OC(=O)c2ccc(O[C@@H](C)CCCCCC)cc2)cc1. The molecule has 0 radical (unpaired) electrons. The Balaban J connectivity index is 1.81. The van der Waals surface area contributed by atoms with Gasteiger partial charge in [-0.15, -0.1) is 6.58 Å². The fourth-order valence-corrected chi connectivity index (χ4v) is 2.85. The third-order valence-electron chi connectivity index (χ3n) is 4.52. The molecule has 2 aromatic rings. The fraction of sp³-hybridized carbons (Fsp3) is 0.400. The Hall–Kier alpha value is -2.75. The van der Waals surface area contributed by atoms with Gasteiger partial charge in [0.05, 0.1) is 18.3 Å². The summed E-state index contributed by atoms with van der Waals surface area (Å²) in [6, 6.07) is 14.1. The van der Waals surface area contributed by atoms with Crippen molar-refractivity contribution in [1.82, 2.24) is 0 Å². The zero-order chi connectivity index (χ0) is 20.9. The van der Waals surface area contributed by atoms with Crippen LogP contribution in [0.5, 0.6) is 17.2 Å². The molecule has 0 aliphatic rings. The summed E-state index contributed by atoms with van der Waals surface area (Å²) in [5.74, 6) is 1.58. The summed E-state index contributed by atoms with van der Waals surface area (Å²) in [4.78, 5) is 12.3. The second-order valence-electron chi connectivity index (χ2n) is 7.09. The number of benzene rings is 2. The number of unbranched alkanes of at least 4 members (excludes halogenated alkanes) is 3. The maximum absolute atomic E-state index is 12.3. The molecule has 0 bridgehead atoms. The Bertz CT molecular complexity index is 734. The van der Waals surface area contributed by atoms with Crippen LogP contribution in [0.4, 0.5) is 0 Å². The molecule has 0 aromatic heterocycles. The van der Waals surface area contributed by atoms with Gasteiger partial charge in [-0.2, -0.15) is 0 Å². The number of carbonyl (C=O) groups is 1. The molecule has 29 heavy (non-hydrogen) atoms. The molecule has 0 amide bonds. The minimum atomic E-state index is -0.399. The van der Waals surface area contributed by atoms with Crippen molar-refractivity contribution < 1.29 is 19.0 Å². The van der Waals surface area contributed by atoms with Crippen molar-refractivity contribution in [3.63, 3.8) is 0 Å². The molecular weight excluding hydrogens is 364 g/mol. The molecule has 156 valence electrons. The van der Waals surface area contributed by atoms with E-state index in [-0.39, 0.29) is 6.10 Å². The summed E-state index contributed by atoms with van der Waals surface area (Å²) in [6.07, 6.45) is 8.73. The molecular formula is C25H32O4. The Labute approximate surface area is 174 Å². The lowest BCUT2D eigenvalue weighted by Gasteiger charge is -2.14. The summed E-state index contributed by atoms with van der Waals surface area (Å²) < 4.78 is 16.9. The quantitative estimate of drug-likeness (QED) is 0.166. The second-order valence-corrected chi connectivity index (χ2v) is 7.09. The van der Waals surface area contributed by atoms with E-state index in [4.69, 9.17) is 14.2 Å². The summed E-state index contributed by atoms with van der Waals surface area (Å²) in [7, 11) is 0. The monoisotopic (exact) mass is 396 g/mol. The van der Waals surface area contributed by atoms with E-state index >= 15 is 0 Å². The summed E-state index contributed by atoms with van der Waals surface area (Å²) >= 11 is 0. The van der Waals surface area contributed by atoms with Gasteiger partial charge < -0.3 is 14.2 Å². The van der Waals surface area contributed by atoms with Crippen LogP contribution < -0.4 is 14.2 Å². The number of carbonyl (C=O) groups excluding carboxylic acids is 1. The van der Waals surface area contributed by atoms with Gasteiger partial charge in [-0.05, 0) is 74.7 Å². The number of ether oxygens (including phenoxy) is 3. The van der Waals surface area contributed by atoms with Crippen LogP contribution in [-0.4, -0.2) is 18.7 Å². The average molecular weight is 397 g/mol. The molecule has 0 fully saturated rings. The molecule has 0 spiro atoms. The Morgan fingerprint density at radius 2 is 1.62 bits per heavy atom. The Morgan fingerprint density at radius 3 is 2.28 bits per heavy atom. The first-order chi connectivity index (χ1) is 14.1. The van der Waals surface area contributed by atoms with Gasteiger partial charge in [-0.1, -0.05) is 32.3 Å². The first kappa shape index (κ1) is 22.5. The van der Waals surface area contributed by atoms with E-state index in [9.17, 15) is 4.79 Å². The average Bonchev–Trinajstić information content (AvgIpc) is 2.73. The molecule has 2 rings (SSSR count). The molecule has 4 heteroatoms. The van der Waals surface area contributed by atoms with Crippen LogP contribution in [0.25, 0.3) is 0 Å². The first-order valence-electron chi connectivity index (χ1n) is 10.4. The van der Waals surface area contributed by atoms with Gasteiger partial charge in [0.15, 0.2) is 0 Å². The van der Waals surface area contributed by atoms with Gasteiger partial charge in [-0.3, -0.25) is 0 Å². The molecule has 0 saturated carbocycles. The molecule has 2 aromatic carbocycles. The highest BCUT2D eigenvalue weighted by Crippen LogP contribution is 2.20. The van der Waals surface area contributed by atoms with E-state index in [0.717, 1.165) is 24.3 Å². The summed E-state index contributed by atoms with van der Waals surface area (Å²) in [6.45, 7) is 8.53. The third kappa shape index (κ3) is 8.43. The first-order valence-corrected chi connectivity index (χ1v) is 10.4. The smallest absolute Gasteiger partial charge is 0.343 e. The van der Waals surface area contributed by atoms with Crippen molar-refractivity contribution in [2.24, 2.45) is 0 Å². The highest BCUT2D eigenvalue weighted by Gasteiger charge is 2.10. The van der Waals surface area contributed by atoms with Crippen molar-refractivity contribution in [2.45, 2.75) is 58.5 Å². The number of hydrogen-bond donors (Lipinski definition) is 0. The van der Waals surface area contributed by atoms with Gasteiger partial charge in [0, 0.05) is 0 Å². The molecule has 0 saturated heterocycles. The summed E-state index contributed by atoms with van der Waals surface area (Å²) in [5, 5.41) is 0. The van der Waals surface area contributed by atoms with Crippen molar-refractivity contribution in [3.05, 3.63) is 66.7 Å². The minimum Gasteiger partial charge on any atom is -0.493 e. The highest BCUT2D eigenvalue weighted by atomic mass is 16.5. The number of hydrogen-bond acceptors (Lipinski definition) is 4. The molecule has 0 unspecified atom stereocenters. The van der Waals surface area contributed by atoms with Crippen molar-refractivity contribution in [3.8, 4) is 17.2 Å². The van der Waals surface area contributed by atoms with E-state index in [0.29, 0.717) is 17.9 Å². The number of esters is 1. The molecule has 0 aliphatic heterocycles. The standard InChI is InChI=1S/C25H32O4/c1-4-6-8-9-10-20(3)28-23-13-11-21(12-14-23)25(26)29-24-17-15-22(16-18-24)27-19-7-5-2/h5,11-18,20H,2,4,6-10,19H2,1,3H3/t20-/m0/s1. The van der Waals surface area contributed by atoms with Crippen LogP contribution in [0.15, 0.2) is 61.2 Å². The zero-order valence-electron chi connectivity index (χ0n) is 17.6. The zero-order valence-corrected chi connectivity index (χ0v) is 17.6.